The second-order valence-electron chi connectivity index (χ2n) is 14.4. The van der Waals surface area contributed by atoms with E-state index in [0.29, 0.717) is 19.3 Å². The summed E-state index contributed by atoms with van der Waals surface area (Å²) >= 11 is 3.92. The van der Waals surface area contributed by atoms with E-state index in [1.54, 1.807) is 19.9 Å². The highest BCUT2D eigenvalue weighted by molar-refractivity contribution is 7.80. The van der Waals surface area contributed by atoms with Gasteiger partial charge in [0.25, 0.3) is 0 Å². The number of carbonyl (C=O) groups is 6. The number of nitrogens with one attached hydrogen (secondary N) is 2. The molecule has 4 rings (SSSR count). The first-order valence-electron chi connectivity index (χ1n) is 16.2. The van der Waals surface area contributed by atoms with E-state index in [9.17, 15) is 39.0 Å². The lowest BCUT2D eigenvalue weighted by Gasteiger charge is -2.60. The van der Waals surface area contributed by atoms with Crippen LogP contribution >= 0.6 is 12.6 Å². The van der Waals surface area contributed by atoms with E-state index in [-0.39, 0.29) is 66.3 Å². The zero-order valence-corrected chi connectivity index (χ0v) is 27.9. The maximum atomic E-state index is 13.5. The van der Waals surface area contributed by atoms with Crippen molar-refractivity contribution in [3.05, 3.63) is 11.6 Å². The van der Waals surface area contributed by atoms with Crippen LogP contribution in [0.4, 0.5) is 0 Å². The molecule has 9 unspecified atom stereocenters. The second kappa shape index (κ2) is 13.8. The molecule has 0 saturated heterocycles. The van der Waals surface area contributed by atoms with Gasteiger partial charge in [0.15, 0.2) is 12.4 Å². The van der Waals surface area contributed by atoms with Crippen molar-refractivity contribution in [2.24, 2.45) is 34.5 Å². The van der Waals surface area contributed by atoms with E-state index < -0.39 is 65.3 Å². The van der Waals surface area contributed by atoms with Crippen LogP contribution in [0.3, 0.4) is 0 Å². The Morgan fingerprint density at radius 2 is 1.76 bits per heavy atom. The summed E-state index contributed by atoms with van der Waals surface area (Å²) in [6.07, 6.45) is 3.94. The van der Waals surface area contributed by atoms with Crippen molar-refractivity contribution in [2.75, 3.05) is 12.4 Å². The largest absolute Gasteiger partial charge is 0.480 e. The lowest BCUT2D eigenvalue weighted by Crippen LogP contribution is -2.62. The molecule has 3 saturated carbocycles. The van der Waals surface area contributed by atoms with Crippen molar-refractivity contribution < 1.29 is 48.8 Å². The van der Waals surface area contributed by atoms with Gasteiger partial charge in [-0.15, -0.1) is 0 Å². The molecule has 0 spiro atoms. The molecule has 46 heavy (non-hydrogen) atoms. The van der Waals surface area contributed by atoms with Crippen LogP contribution in [-0.4, -0.2) is 86.8 Å². The molecule has 3 fully saturated rings. The van der Waals surface area contributed by atoms with Crippen LogP contribution in [0.25, 0.3) is 0 Å². The van der Waals surface area contributed by atoms with Gasteiger partial charge in [-0.1, -0.05) is 33.3 Å². The highest BCUT2D eigenvalue weighted by atomic mass is 32.1. The molecule has 4 aliphatic carbocycles. The Morgan fingerprint density at radius 3 is 2.39 bits per heavy atom. The molecule has 4 aliphatic rings. The third-order valence-electron chi connectivity index (χ3n) is 11.5. The van der Waals surface area contributed by atoms with Crippen molar-refractivity contribution in [2.45, 2.75) is 109 Å². The smallest absolute Gasteiger partial charge is 0.327 e. The normalized spacial score (nSPS) is 34.7. The van der Waals surface area contributed by atoms with Crippen molar-refractivity contribution >= 4 is 47.9 Å². The predicted molar refractivity (Wildman–Crippen MR) is 168 cm³/mol. The SMILES string of the molecule is CC(C)C(NC(=O)CCC(=O)OCC(=O)C1(O)CCC2C3CCC4=CC(=O)CCC4(C)C3C(O)CC21C)C(=O)NC(CS)C(=O)O. The average Bonchev–Trinajstić information content (AvgIpc) is 3.26. The minimum Gasteiger partial charge on any atom is -0.480 e. The number of hydrogen-bond donors (Lipinski definition) is 6. The molecule has 0 aromatic heterocycles. The fourth-order valence-corrected chi connectivity index (χ4v) is 9.18. The van der Waals surface area contributed by atoms with Crippen molar-refractivity contribution in [3.63, 3.8) is 0 Å². The number of hydrogen-bond acceptors (Lipinski definition) is 10. The van der Waals surface area contributed by atoms with Crippen LogP contribution < -0.4 is 10.6 Å². The van der Waals surface area contributed by atoms with Gasteiger partial charge in [0.2, 0.25) is 17.6 Å². The molecule has 9 atom stereocenters. The van der Waals surface area contributed by atoms with Gasteiger partial charge in [-0.2, -0.15) is 12.6 Å². The summed E-state index contributed by atoms with van der Waals surface area (Å²) in [5.74, 6) is -4.45. The molecule has 256 valence electrons. The molecule has 2 amide bonds. The monoisotopic (exact) mass is 664 g/mol. The van der Waals surface area contributed by atoms with E-state index in [1.165, 1.54) is 0 Å². The number of Topliss-reactive ketones (excluding diaryl/α,β-unsaturated/α-hetero) is 1. The first kappa shape index (κ1) is 36.1. The lowest BCUT2D eigenvalue weighted by atomic mass is 9.45. The quantitative estimate of drug-likeness (QED) is 0.132. The highest BCUT2D eigenvalue weighted by Gasteiger charge is 2.68. The molecule has 0 aromatic rings. The molecule has 0 aliphatic heterocycles. The van der Waals surface area contributed by atoms with Gasteiger partial charge in [0, 0.05) is 24.0 Å². The number of aliphatic hydroxyl groups is 2. The number of thiol groups is 1. The molecular formula is C33H48N2O10S. The van der Waals surface area contributed by atoms with E-state index in [1.807, 2.05) is 6.92 Å². The number of esters is 1. The fourth-order valence-electron chi connectivity index (χ4n) is 8.93. The number of ether oxygens (including phenoxy) is 1. The number of allylic oxidation sites excluding steroid dienone is 1. The zero-order chi connectivity index (χ0) is 34.2. The van der Waals surface area contributed by atoms with Gasteiger partial charge in [-0.05, 0) is 73.7 Å². The molecule has 12 nitrogen and oxygen atoms in total. The summed E-state index contributed by atoms with van der Waals surface area (Å²) in [5, 5.41) is 37.4. The number of ketones is 2. The summed E-state index contributed by atoms with van der Waals surface area (Å²) in [7, 11) is 0. The van der Waals surface area contributed by atoms with Crippen LogP contribution in [0.5, 0.6) is 0 Å². The van der Waals surface area contributed by atoms with Gasteiger partial charge in [-0.25, -0.2) is 4.79 Å². The second-order valence-corrected chi connectivity index (χ2v) is 14.8. The minimum absolute atomic E-state index is 0.0186. The van der Waals surface area contributed by atoms with Gasteiger partial charge in [-0.3, -0.25) is 24.0 Å². The summed E-state index contributed by atoms with van der Waals surface area (Å²) in [5.41, 5.74) is -1.91. The fraction of sp³-hybridized carbons (Fsp3) is 0.758. The number of fused-ring (bicyclic) bond motifs is 5. The Labute approximate surface area is 274 Å². The zero-order valence-electron chi connectivity index (χ0n) is 27.0. The Kier molecular flexibility index (Phi) is 10.8. The van der Waals surface area contributed by atoms with Gasteiger partial charge in [0.1, 0.15) is 17.7 Å². The average molecular weight is 665 g/mol. The highest BCUT2D eigenvalue weighted by Crippen LogP contribution is 2.67. The summed E-state index contributed by atoms with van der Waals surface area (Å²) in [6.45, 7) is 6.66. The first-order valence-corrected chi connectivity index (χ1v) is 16.9. The number of aliphatic carboxylic acids is 1. The Balaban J connectivity index is 1.33. The summed E-state index contributed by atoms with van der Waals surface area (Å²) < 4.78 is 5.20. The van der Waals surface area contributed by atoms with E-state index in [0.717, 1.165) is 18.4 Å². The number of carbonyl (C=O) groups excluding carboxylic acids is 5. The summed E-state index contributed by atoms with van der Waals surface area (Å²) in [6, 6.07) is -2.27. The van der Waals surface area contributed by atoms with Gasteiger partial charge in [0.05, 0.1) is 12.5 Å². The Hall–Kier alpha value is -2.77. The maximum Gasteiger partial charge on any atom is 0.327 e. The third kappa shape index (κ3) is 6.64. The van der Waals surface area contributed by atoms with E-state index in [2.05, 4.69) is 30.2 Å². The van der Waals surface area contributed by atoms with Crippen LogP contribution in [0.2, 0.25) is 0 Å². The molecule has 0 heterocycles. The van der Waals surface area contributed by atoms with Crippen LogP contribution in [0, 0.1) is 34.5 Å². The maximum absolute atomic E-state index is 13.5. The van der Waals surface area contributed by atoms with Crippen LogP contribution in [0.15, 0.2) is 11.6 Å². The number of aliphatic hydroxyl groups excluding tert-OH is 1. The third-order valence-corrected chi connectivity index (χ3v) is 11.9. The van der Waals surface area contributed by atoms with Crippen molar-refractivity contribution in [1.29, 1.82) is 0 Å². The molecular weight excluding hydrogens is 616 g/mol. The first-order chi connectivity index (χ1) is 21.5. The molecule has 0 radical (unpaired) electrons. The molecule has 13 heteroatoms. The van der Waals surface area contributed by atoms with E-state index >= 15 is 0 Å². The van der Waals surface area contributed by atoms with Crippen LogP contribution in [0.1, 0.15) is 85.5 Å². The summed E-state index contributed by atoms with van der Waals surface area (Å²) in [4.78, 5) is 74.5. The minimum atomic E-state index is -1.79. The topological polar surface area (TPSA) is 196 Å². The van der Waals surface area contributed by atoms with E-state index in [4.69, 9.17) is 9.84 Å². The van der Waals surface area contributed by atoms with Crippen LogP contribution in [-0.2, 0) is 33.5 Å². The predicted octanol–water partition coefficient (Wildman–Crippen LogP) is 1.75. The molecule has 0 bridgehead atoms. The van der Waals surface area contributed by atoms with Gasteiger partial charge < -0.3 is 30.7 Å². The molecule has 0 aromatic carbocycles. The van der Waals surface area contributed by atoms with Gasteiger partial charge >= 0.3 is 11.9 Å². The Morgan fingerprint density at radius 1 is 1.07 bits per heavy atom. The Bertz CT molecular complexity index is 1300. The number of carboxylic acids is 1. The standard InChI is InChI=1S/C33H48N2O10S/c1-17(2)28(29(41)34-22(16-46)30(42)43)35-25(39)7-8-26(40)45-15-24(38)33(44)12-10-21-20-6-5-18-13-19(36)9-11-31(18,3)27(20)23(37)14-32(21,33)4/h13,17,20-23,27-28,37,44,46H,5-12,14-16H2,1-4H3,(H,34,41)(H,35,39)(H,42,43). The van der Waals surface area contributed by atoms with Crippen molar-refractivity contribution in [1.82, 2.24) is 10.6 Å². The number of rotatable bonds is 12. The number of amides is 2. The molecule has 5 N–H and O–H groups in total. The lowest BCUT2D eigenvalue weighted by molar-refractivity contribution is -0.184. The number of carboxylic acid groups (broad SMARTS) is 1. The van der Waals surface area contributed by atoms with Crippen molar-refractivity contribution in [3.8, 4) is 0 Å².